The van der Waals surface area contributed by atoms with Crippen molar-refractivity contribution in [2.45, 2.75) is 12.5 Å². The van der Waals surface area contributed by atoms with E-state index in [1.807, 2.05) is 41.8 Å². The molecule has 3 rings (SSSR count). The zero-order valence-corrected chi connectivity index (χ0v) is 12.9. The van der Waals surface area contributed by atoms with Crippen LogP contribution in [0.2, 0.25) is 5.15 Å². The zero-order valence-electron chi connectivity index (χ0n) is 11.3. The predicted molar refractivity (Wildman–Crippen MR) is 89.1 cm³/mol. The first-order chi connectivity index (χ1) is 10.3. The summed E-state index contributed by atoms with van der Waals surface area (Å²) >= 11 is 7.91. The summed E-state index contributed by atoms with van der Waals surface area (Å²) in [7, 11) is 0. The molecule has 0 aliphatic carbocycles. The summed E-state index contributed by atoms with van der Waals surface area (Å²) in [5.74, 6) is 0.727. The Labute approximate surface area is 132 Å². The summed E-state index contributed by atoms with van der Waals surface area (Å²) in [6.07, 6.45) is 0.632. The van der Waals surface area contributed by atoms with Crippen LogP contribution in [-0.4, -0.2) is 16.7 Å². The topological polar surface area (TPSA) is 45.1 Å². The lowest BCUT2D eigenvalue weighted by Crippen LogP contribution is -2.12. The molecule has 0 saturated carbocycles. The molecule has 1 unspecified atom stereocenters. The standard InChI is InChI=1S/C16H15ClN2OS/c17-16-12-5-2-1-4-11(12)10-15(19-16)18-13(7-8-20)14-6-3-9-21-14/h1-6,9-10,13,20H,7-8H2,(H,18,19). The molecule has 0 aliphatic heterocycles. The molecule has 0 aliphatic rings. The van der Waals surface area contributed by atoms with E-state index in [9.17, 15) is 5.11 Å². The molecule has 0 saturated heterocycles. The van der Waals surface area contributed by atoms with Gasteiger partial charge in [-0.25, -0.2) is 4.98 Å². The lowest BCUT2D eigenvalue weighted by Gasteiger charge is -2.17. The SMILES string of the molecule is OCCC(Nc1cc2ccccc2c(Cl)n1)c1cccs1. The molecule has 108 valence electrons. The molecule has 21 heavy (non-hydrogen) atoms. The molecule has 0 amide bonds. The molecular weight excluding hydrogens is 304 g/mol. The van der Waals surface area contributed by atoms with Gasteiger partial charge in [0.05, 0.1) is 6.04 Å². The second kappa shape index (κ2) is 6.43. The Kier molecular flexibility index (Phi) is 4.39. The number of aliphatic hydroxyl groups excluding tert-OH is 1. The van der Waals surface area contributed by atoms with Crippen LogP contribution in [0, 0.1) is 0 Å². The number of aromatic nitrogens is 1. The van der Waals surface area contributed by atoms with Gasteiger partial charge in [0.15, 0.2) is 0 Å². The van der Waals surface area contributed by atoms with E-state index in [4.69, 9.17) is 11.6 Å². The number of pyridine rings is 1. The highest BCUT2D eigenvalue weighted by Gasteiger charge is 2.13. The fraction of sp³-hybridized carbons (Fsp3) is 0.188. The van der Waals surface area contributed by atoms with E-state index in [-0.39, 0.29) is 12.6 Å². The van der Waals surface area contributed by atoms with E-state index in [0.717, 1.165) is 16.6 Å². The van der Waals surface area contributed by atoms with Crippen molar-refractivity contribution in [1.82, 2.24) is 4.98 Å². The van der Waals surface area contributed by atoms with Gasteiger partial charge >= 0.3 is 0 Å². The molecule has 0 bridgehead atoms. The summed E-state index contributed by atoms with van der Waals surface area (Å²) in [6.45, 7) is 0.122. The van der Waals surface area contributed by atoms with Crippen LogP contribution in [0.15, 0.2) is 47.8 Å². The summed E-state index contributed by atoms with van der Waals surface area (Å²) in [5.41, 5.74) is 0. The maximum Gasteiger partial charge on any atom is 0.139 e. The second-order valence-corrected chi connectivity index (χ2v) is 6.08. The summed E-state index contributed by atoms with van der Waals surface area (Å²) in [6, 6.07) is 14.0. The van der Waals surface area contributed by atoms with E-state index in [2.05, 4.69) is 16.4 Å². The minimum absolute atomic E-state index is 0.0414. The van der Waals surface area contributed by atoms with E-state index in [1.165, 1.54) is 4.88 Å². The number of fused-ring (bicyclic) bond motifs is 1. The number of hydrogen-bond donors (Lipinski definition) is 2. The lowest BCUT2D eigenvalue weighted by molar-refractivity contribution is 0.280. The van der Waals surface area contributed by atoms with Crippen molar-refractivity contribution in [2.75, 3.05) is 11.9 Å². The highest BCUT2D eigenvalue weighted by Crippen LogP contribution is 2.29. The maximum atomic E-state index is 9.26. The molecule has 0 spiro atoms. The average molecular weight is 319 g/mol. The van der Waals surface area contributed by atoms with Gasteiger partial charge in [0, 0.05) is 16.9 Å². The highest BCUT2D eigenvalue weighted by atomic mass is 35.5. The molecule has 3 aromatic rings. The molecule has 2 aromatic heterocycles. The van der Waals surface area contributed by atoms with E-state index >= 15 is 0 Å². The molecule has 1 aromatic carbocycles. The highest BCUT2D eigenvalue weighted by molar-refractivity contribution is 7.10. The van der Waals surface area contributed by atoms with Gasteiger partial charge in [0.25, 0.3) is 0 Å². The number of benzene rings is 1. The van der Waals surface area contributed by atoms with Gasteiger partial charge in [-0.15, -0.1) is 11.3 Å². The Balaban J connectivity index is 1.92. The Bertz CT molecular complexity index is 730. The first-order valence-electron chi connectivity index (χ1n) is 6.74. The fourth-order valence-corrected chi connectivity index (χ4v) is 3.39. The van der Waals surface area contributed by atoms with Crippen LogP contribution in [0.5, 0.6) is 0 Å². The fourth-order valence-electron chi connectivity index (χ4n) is 2.31. The largest absolute Gasteiger partial charge is 0.396 e. The molecule has 1 atom stereocenters. The lowest BCUT2D eigenvalue weighted by atomic mass is 10.1. The molecule has 2 heterocycles. The van der Waals surface area contributed by atoms with Crippen molar-refractivity contribution in [3.8, 4) is 0 Å². The second-order valence-electron chi connectivity index (χ2n) is 4.74. The quantitative estimate of drug-likeness (QED) is 0.681. The van der Waals surface area contributed by atoms with Crippen LogP contribution in [0.4, 0.5) is 5.82 Å². The molecule has 0 radical (unpaired) electrons. The van der Waals surface area contributed by atoms with Crippen LogP contribution >= 0.6 is 22.9 Å². The number of aliphatic hydroxyl groups is 1. The van der Waals surface area contributed by atoms with Gasteiger partial charge in [-0.1, -0.05) is 41.9 Å². The first-order valence-corrected chi connectivity index (χ1v) is 8.00. The van der Waals surface area contributed by atoms with Crippen molar-refractivity contribution in [3.05, 3.63) is 57.9 Å². The number of rotatable bonds is 5. The van der Waals surface area contributed by atoms with Gasteiger partial charge in [-0.3, -0.25) is 0 Å². The third-order valence-electron chi connectivity index (χ3n) is 3.32. The smallest absolute Gasteiger partial charge is 0.139 e. The van der Waals surface area contributed by atoms with Gasteiger partial charge in [0.1, 0.15) is 11.0 Å². The summed E-state index contributed by atoms with van der Waals surface area (Å²) < 4.78 is 0. The number of nitrogens with one attached hydrogen (secondary N) is 1. The Morgan fingerprint density at radius 3 is 2.86 bits per heavy atom. The van der Waals surface area contributed by atoms with Crippen LogP contribution in [0.1, 0.15) is 17.3 Å². The number of anilines is 1. The first kappa shape index (κ1) is 14.3. The monoisotopic (exact) mass is 318 g/mol. The van der Waals surface area contributed by atoms with Crippen LogP contribution < -0.4 is 5.32 Å². The Morgan fingerprint density at radius 1 is 1.24 bits per heavy atom. The third kappa shape index (κ3) is 3.18. The van der Waals surface area contributed by atoms with Crippen LogP contribution in [-0.2, 0) is 0 Å². The van der Waals surface area contributed by atoms with Gasteiger partial charge in [-0.2, -0.15) is 0 Å². The predicted octanol–water partition coefficient (Wildman–Crippen LogP) is 4.49. The minimum atomic E-state index is 0.0414. The minimum Gasteiger partial charge on any atom is -0.396 e. The van der Waals surface area contributed by atoms with Gasteiger partial charge in [-0.05, 0) is 29.3 Å². The normalized spacial score (nSPS) is 12.5. The molecular formula is C16H15ClN2OS. The van der Waals surface area contributed by atoms with E-state index in [1.54, 1.807) is 11.3 Å². The van der Waals surface area contributed by atoms with Crippen molar-refractivity contribution < 1.29 is 5.11 Å². The molecule has 3 nitrogen and oxygen atoms in total. The van der Waals surface area contributed by atoms with Gasteiger partial charge < -0.3 is 10.4 Å². The zero-order chi connectivity index (χ0) is 14.7. The molecule has 2 N–H and O–H groups in total. The molecule has 5 heteroatoms. The van der Waals surface area contributed by atoms with Crippen LogP contribution in [0.25, 0.3) is 10.8 Å². The summed E-state index contributed by atoms with van der Waals surface area (Å²) in [4.78, 5) is 5.59. The third-order valence-corrected chi connectivity index (χ3v) is 4.59. The number of hydrogen-bond acceptors (Lipinski definition) is 4. The summed E-state index contributed by atoms with van der Waals surface area (Å²) in [5, 5.41) is 17.1. The molecule has 0 fully saturated rings. The van der Waals surface area contributed by atoms with Crippen molar-refractivity contribution in [3.63, 3.8) is 0 Å². The Morgan fingerprint density at radius 2 is 2.10 bits per heavy atom. The van der Waals surface area contributed by atoms with Crippen molar-refractivity contribution >= 4 is 39.5 Å². The van der Waals surface area contributed by atoms with E-state index < -0.39 is 0 Å². The van der Waals surface area contributed by atoms with Crippen molar-refractivity contribution in [2.24, 2.45) is 0 Å². The van der Waals surface area contributed by atoms with E-state index in [0.29, 0.717) is 11.6 Å². The Hall–Kier alpha value is -1.62. The van der Waals surface area contributed by atoms with Crippen LogP contribution in [0.3, 0.4) is 0 Å². The average Bonchev–Trinajstić information content (AvgIpc) is 3.01. The van der Waals surface area contributed by atoms with Crippen molar-refractivity contribution in [1.29, 1.82) is 0 Å². The number of nitrogens with zero attached hydrogens (tertiary/aromatic N) is 1. The number of halogens is 1. The maximum absolute atomic E-state index is 9.26. The number of thiophene rings is 1. The van der Waals surface area contributed by atoms with Gasteiger partial charge in [0.2, 0.25) is 0 Å².